The first kappa shape index (κ1) is 30.0. The van der Waals surface area contributed by atoms with E-state index >= 15 is 0 Å². The van der Waals surface area contributed by atoms with Crippen molar-refractivity contribution in [2.45, 2.75) is 0 Å². The second-order valence-corrected chi connectivity index (χ2v) is 13.3. The molecule has 0 spiro atoms. The fourth-order valence-electron chi connectivity index (χ4n) is 7.82. The van der Waals surface area contributed by atoms with Gasteiger partial charge in [0.15, 0.2) is 0 Å². The van der Waals surface area contributed by atoms with Crippen molar-refractivity contribution in [2.75, 3.05) is 4.90 Å². The van der Waals surface area contributed by atoms with Gasteiger partial charge in [-0.15, -0.1) is 0 Å². The van der Waals surface area contributed by atoms with E-state index in [4.69, 9.17) is 4.42 Å². The zero-order valence-electron chi connectivity index (χ0n) is 28.4. The topological polar surface area (TPSA) is 16.4 Å². The zero-order valence-corrected chi connectivity index (χ0v) is 28.4. The van der Waals surface area contributed by atoms with Gasteiger partial charge in [0.25, 0.3) is 0 Å². The fraction of sp³-hybridized carbons (Fsp3) is 0. The van der Waals surface area contributed by atoms with Crippen LogP contribution < -0.4 is 4.90 Å². The lowest BCUT2D eigenvalue weighted by Crippen LogP contribution is -2.12. The van der Waals surface area contributed by atoms with E-state index < -0.39 is 0 Å². The Kier molecular flexibility index (Phi) is 7.18. The van der Waals surface area contributed by atoms with Crippen molar-refractivity contribution in [2.24, 2.45) is 0 Å². The first-order chi connectivity index (χ1) is 25.8. The van der Waals surface area contributed by atoms with E-state index in [1.807, 2.05) is 12.1 Å². The normalized spacial score (nSPS) is 11.5. The molecule has 0 aliphatic carbocycles. The molecule has 10 rings (SSSR count). The van der Waals surface area contributed by atoms with E-state index in [2.05, 4.69) is 193 Å². The minimum Gasteiger partial charge on any atom is -0.456 e. The van der Waals surface area contributed by atoms with Crippen molar-refractivity contribution >= 4 is 60.5 Å². The van der Waals surface area contributed by atoms with Crippen LogP contribution in [0.15, 0.2) is 205 Å². The van der Waals surface area contributed by atoms with Crippen LogP contribution in [0.1, 0.15) is 0 Å². The predicted octanol–water partition coefficient (Wildman–Crippen LogP) is 14.4. The summed E-state index contributed by atoms with van der Waals surface area (Å²) < 4.78 is 6.33. The van der Waals surface area contributed by atoms with Gasteiger partial charge in [0.1, 0.15) is 11.2 Å². The summed E-state index contributed by atoms with van der Waals surface area (Å²) in [5.74, 6) is 0. The maximum atomic E-state index is 6.33. The van der Waals surface area contributed by atoms with E-state index in [9.17, 15) is 0 Å². The Morgan fingerprint density at radius 3 is 1.52 bits per heavy atom. The fourth-order valence-corrected chi connectivity index (χ4v) is 7.82. The Balaban J connectivity index is 1.30. The van der Waals surface area contributed by atoms with Gasteiger partial charge in [-0.3, -0.25) is 0 Å². The minimum absolute atomic E-state index is 0.878. The van der Waals surface area contributed by atoms with E-state index in [0.717, 1.165) is 50.1 Å². The molecule has 0 aliphatic heterocycles. The lowest BCUT2D eigenvalue weighted by atomic mass is 9.89. The Bertz CT molecular complexity index is 2890. The number of nitrogens with zero attached hydrogens (tertiary/aromatic N) is 1. The molecule has 0 atom stereocenters. The highest BCUT2D eigenvalue weighted by Crippen LogP contribution is 2.50. The second-order valence-electron chi connectivity index (χ2n) is 13.3. The molecule has 0 radical (unpaired) electrons. The van der Waals surface area contributed by atoms with Crippen molar-refractivity contribution in [1.82, 2.24) is 0 Å². The average Bonchev–Trinajstić information content (AvgIpc) is 3.60. The smallest absolute Gasteiger partial charge is 0.135 e. The van der Waals surface area contributed by atoms with Crippen molar-refractivity contribution in [3.8, 4) is 33.4 Å². The van der Waals surface area contributed by atoms with E-state index in [0.29, 0.717) is 0 Å². The van der Waals surface area contributed by atoms with Crippen LogP contribution in [-0.2, 0) is 0 Å². The molecule has 0 unspecified atom stereocenters. The number of fused-ring (bicyclic) bond motifs is 6. The van der Waals surface area contributed by atoms with Gasteiger partial charge in [-0.1, -0.05) is 164 Å². The third-order valence-corrected chi connectivity index (χ3v) is 10.2. The second kappa shape index (κ2) is 12.5. The van der Waals surface area contributed by atoms with Crippen LogP contribution in [0.4, 0.5) is 17.1 Å². The van der Waals surface area contributed by atoms with Gasteiger partial charge in [0, 0.05) is 33.1 Å². The monoisotopic (exact) mass is 663 g/mol. The minimum atomic E-state index is 0.878. The van der Waals surface area contributed by atoms with Crippen LogP contribution in [0.25, 0.3) is 76.9 Å². The molecule has 2 heteroatoms. The van der Waals surface area contributed by atoms with Crippen LogP contribution in [0.2, 0.25) is 0 Å². The van der Waals surface area contributed by atoms with Gasteiger partial charge >= 0.3 is 0 Å². The Morgan fingerprint density at radius 1 is 0.288 bits per heavy atom. The number of para-hydroxylation sites is 1. The number of anilines is 3. The summed E-state index contributed by atoms with van der Waals surface area (Å²) in [4.78, 5) is 2.46. The molecular formula is C50H33NO. The summed E-state index contributed by atoms with van der Waals surface area (Å²) in [6.45, 7) is 0. The molecule has 0 saturated heterocycles. The number of hydrogen-bond donors (Lipinski definition) is 0. The van der Waals surface area contributed by atoms with Crippen LogP contribution in [0.5, 0.6) is 0 Å². The van der Waals surface area contributed by atoms with Gasteiger partial charge in [0.2, 0.25) is 0 Å². The zero-order chi connectivity index (χ0) is 34.4. The molecule has 0 fully saturated rings. The molecule has 244 valence electrons. The summed E-state index contributed by atoms with van der Waals surface area (Å²) in [7, 11) is 0. The highest BCUT2D eigenvalue weighted by atomic mass is 16.3. The van der Waals surface area contributed by atoms with Crippen molar-refractivity contribution in [3.05, 3.63) is 200 Å². The molecule has 0 amide bonds. The molecule has 9 aromatic carbocycles. The van der Waals surface area contributed by atoms with E-state index in [1.54, 1.807) is 0 Å². The third kappa shape index (κ3) is 5.04. The van der Waals surface area contributed by atoms with Crippen LogP contribution >= 0.6 is 0 Å². The number of furan rings is 1. The van der Waals surface area contributed by atoms with Gasteiger partial charge in [-0.05, 0) is 80.4 Å². The Morgan fingerprint density at radius 2 is 0.788 bits per heavy atom. The highest BCUT2D eigenvalue weighted by molar-refractivity contribution is 6.22. The molecule has 2 nitrogen and oxygen atoms in total. The van der Waals surface area contributed by atoms with E-state index in [-0.39, 0.29) is 0 Å². The van der Waals surface area contributed by atoms with Crippen LogP contribution in [-0.4, -0.2) is 0 Å². The van der Waals surface area contributed by atoms with Crippen molar-refractivity contribution < 1.29 is 4.42 Å². The van der Waals surface area contributed by atoms with Gasteiger partial charge in [-0.2, -0.15) is 0 Å². The lowest BCUT2D eigenvalue weighted by Gasteiger charge is -2.31. The predicted molar refractivity (Wildman–Crippen MR) is 220 cm³/mol. The third-order valence-electron chi connectivity index (χ3n) is 10.2. The van der Waals surface area contributed by atoms with E-state index in [1.165, 1.54) is 43.8 Å². The summed E-state index contributed by atoms with van der Waals surface area (Å²) in [5, 5.41) is 7.05. The largest absolute Gasteiger partial charge is 0.456 e. The average molecular weight is 664 g/mol. The van der Waals surface area contributed by atoms with Gasteiger partial charge in [0.05, 0.1) is 5.69 Å². The highest BCUT2D eigenvalue weighted by Gasteiger charge is 2.24. The van der Waals surface area contributed by atoms with Crippen molar-refractivity contribution in [1.29, 1.82) is 0 Å². The molecule has 10 aromatic rings. The van der Waals surface area contributed by atoms with Crippen molar-refractivity contribution in [3.63, 3.8) is 0 Å². The first-order valence-electron chi connectivity index (χ1n) is 17.8. The lowest BCUT2D eigenvalue weighted by molar-refractivity contribution is 0.669. The number of hydrogen-bond acceptors (Lipinski definition) is 2. The summed E-state index contributed by atoms with van der Waals surface area (Å²) in [6, 6.07) is 71.8. The molecule has 1 heterocycles. The quantitative estimate of drug-likeness (QED) is 0.165. The summed E-state index contributed by atoms with van der Waals surface area (Å²) >= 11 is 0. The molecule has 0 aliphatic rings. The first-order valence-corrected chi connectivity index (χ1v) is 17.8. The maximum absolute atomic E-state index is 6.33. The number of rotatable bonds is 6. The molecule has 1 aromatic heterocycles. The van der Waals surface area contributed by atoms with Gasteiger partial charge in [-0.25, -0.2) is 0 Å². The van der Waals surface area contributed by atoms with Gasteiger partial charge < -0.3 is 9.32 Å². The number of benzene rings is 9. The Labute approximate surface area is 302 Å². The maximum Gasteiger partial charge on any atom is 0.135 e. The molecule has 0 bridgehead atoms. The van der Waals surface area contributed by atoms with Crippen LogP contribution in [0.3, 0.4) is 0 Å². The van der Waals surface area contributed by atoms with Crippen LogP contribution in [0, 0.1) is 0 Å². The Hall–Kier alpha value is -6.90. The summed E-state index contributed by atoms with van der Waals surface area (Å²) in [5.41, 5.74) is 12.1. The standard InChI is InChI=1S/C50H33NO/c1-3-14-34(15-4-1)36-26-28-37(29-27-36)49-44-23-9-7-20-41(44)42-21-8-10-24-45(42)50(49)51(39-19-13-18-38(32-39)35-16-5-2-6-17-35)40-30-31-48-46(33-40)43-22-11-12-25-47(43)52-48/h1-33H. The molecular weight excluding hydrogens is 631 g/mol. The summed E-state index contributed by atoms with van der Waals surface area (Å²) in [6.07, 6.45) is 0. The molecule has 52 heavy (non-hydrogen) atoms. The molecule has 0 N–H and O–H groups in total. The molecule has 0 saturated carbocycles. The SMILES string of the molecule is c1ccc(-c2ccc(-c3c(N(c4cccc(-c5ccccc5)c4)c4ccc5oc6ccccc6c5c4)c4ccccc4c4ccccc34)cc2)cc1.